The number of rotatable bonds is 6. The van der Waals surface area contributed by atoms with E-state index in [0.29, 0.717) is 23.1 Å². The second-order valence-corrected chi connectivity index (χ2v) is 10.2. The zero-order valence-electron chi connectivity index (χ0n) is 21.5. The van der Waals surface area contributed by atoms with Gasteiger partial charge >= 0.3 is 5.69 Å². The lowest BCUT2D eigenvalue weighted by Gasteiger charge is -2.22. The number of carbonyl (C=O) groups is 1. The average molecular weight is 496 g/mol. The number of benzene rings is 3. The molecule has 37 heavy (non-hydrogen) atoms. The van der Waals surface area contributed by atoms with E-state index in [1.54, 1.807) is 22.8 Å². The lowest BCUT2D eigenvalue weighted by atomic mass is 9.95. The Bertz CT molecular complexity index is 1560. The molecule has 1 aromatic heterocycles. The second-order valence-electron chi connectivity index (χ2n) is 10.2. The van der Waals surface area contributed by atoms with Crippen molar-refractivity contribution < 1.29 is 4.79 Å². The van der Waals surface area contributed by atoms with Crippen LogP contribution in [0.5, 0.6) is 0 Å². The summed E-state index contributed by atoms with van der Waals surface area (Å²) in [5, 5.41) is 3.63. The smallest absolute Gasteiger partial charge is 0.336 e. The van der Waals surface area contributed by atoms with Crippen LogP contribution in [0.3, 0.4) is 0 Å². The first-order valence-corrected chi connectivity index (χ1v) is 13.1. The van der Waals surface area contributed by atoms with Crippen LogP contribution in [-0.4, -0.2) is 21.1 Å². The van der Waals surface area contributed by atoms with Gasteiger partial charge in [-0.3, -0.25) is 14.2 Å². The SMILES string of the molecule is Cc1ccc(C)c(Cn2c(=O)n(-c3ccc(CC(=O)NC4CCCCC4)cc3)c(=O)c3ccccc32)c1. The van der Waals surface area contributed by atoms with E-state index >= 15 is 0 Å². The molecule has 6 heteroatoms. The molecular formula is C31H33N3O3. The van der Waals surface area contributed by atoms with E-state index in [2.05, 4.69) is 23.5 Å². The van der Waals surface area contributed by atoms with E-state index in [9.17, 15) is 14.4 Å². The summed E-state index contributed by atoms with van der Waals surface area (Å²) in [5.41, 5.74) is 4.48. The van der Waals surface area contributed by atoms with Gasteiger partial charge in [-0.1, -0.05) is 67.3 Å². The highest BCUT2D eigenvalue weighted by Gasteiger charge is 2.17. The molecule has 0 radical (unpaired) electrons. The summed E-state index contributed by atoms with van der Waals surface area (Å²) in [6.07, 6.45) is 5.95. The van der Waals surface area contributed by atoms with Crippen LogP contribution in [0, 0.1) is 13.8 Å². The van der Waals surface area contributed by atoms with E-state index in [0.717, 1.165) is 35.1 Å². The van der Waals surface area contributed by atoms with Gasteiger partial charge in [0.1, 0.15) is 0 Å². The van der Waals surface area contributed by atoms with Crippen molar-refractivity contribution in [2.24, 2.45) is 0 Å². The third kappa shape index (κ3) is 5.29. The normalized spacial score (nSPS) is 14.1. The summed E-state index contributed by atoms with van der Waals surface area (Å²) < 4.78 is 2.91. The molecule has 190 valence electrons. The lowest BCUT2D eigenvalue weighted by molar-refractivity contribution is -0.121. The van der Waals surface area contributed by atoms with E-state index in [4.69, 9.17) is 0 Å². The number of amides is 1. The summed E-state index contributed by atoms with van der Waals surface area (Å²) in [5.74, 6) is 0.0124. The number of fused-ring (bicyclic) bond motifs is 1. The van der Waals surface area contributed by atoms with Crippen molar-refractivity contribution in [3.05, 3.63) is 110 Å². The highest BCUT2D eigenvalue weighted by molar-refractivity contribution is 5.79. The maximum absolute atomic E-state index is 13.8. The van der Waals surface area contributed by atoms with E-state index in [1.165, 1.54) is 23.8 Å². The van der Waals surface area contributed by atoms with Crippen LogP contribution < -0.4 is 16.6 Å². The Kier molecular flexibility index (Phi) is 7.08. The number of aryl methyl sites for hydroxylation is 2. The summed E-state index contributed by atoms with van der Waals surface area (Å²) in [4.78, 5) is 39.7. The molecule has 6 nitrogen and oxygen atoms in total. The first-order valence-electron chi connectivity index (χ1n) is 13.1. The Labute approximate surface area is 216 Å². The number of carbonyl (C=O) groups excluding carboxylic acids is 1. The standard InChI is InChI=1S/C31H33N3O3/c1-21-12-13-22(2)24(18-21)20-33-28-11-7-6-10-27(28)30(36)34(31(33)37)26-16-14-23(15-17-26)19-29(35)32-25-8-4-3-5-9-25/h6-7,10-18,25H,3-5,8-9,19-20H2,1-2H3,(H,32,35). The highest BCUT2D eigenvalue weighted by Crippen LogP contribution is 2.18. The molecule has 5 rings (SSSR count). The van der Waals surface area contributed by atoms with Crippen LogP contribution in [0.1, 0.15) is 54.4 Å². The molecule has 4 aromatic rings. The Hall–Kier alpha value is -3.93. The fraction of sp³-hybridized carbons (Fsp3) is 0.323. The van der Waals surface area contributed by atoms with Crippen molar-refractivity contribution in [3.8, 4) is 5.69 Å². The maximum atomic E-state index is 13.8. The molecule has 0 unspecified atom stereocenters. The predicted molar refractivity (Wildman–Crippen MR) is 148 cm³/mol. The highest BCUT2D eigenvalue weighted by atomic mass is 16.2. The van der Waals surface area contributed by atoms with Gasteiger partial charge in [-0.05, 0) is 67.6 Å². The van der Waals surface area contributed by atoms with Gasteiger partial charge < -0.3 is 5.32 Å². The third-order valence-electron chi connectivity index (χ3n) is 7.41. The van der Waals surface area contributed by atoms with Crippen molar-refractivity contribution in [2.45, 2.75) is 65.0 Å². The fourth-order valence-electron chi connectivity index (χ4n) is 5.32. The van der Waals surface area contributed by atoms with Gasteiger partial charge in [0.2, 0.25) is 5.91 Å². The van der Waals surface area contributed by atoms with E-state index in [-0.39, 0.29) is 29.6 Å². The Morgan fingerprint density at radius 1 is 0.919 bits per heavy atom. The molecule has 1 saturated carbocycles. The number of para-hydroxylation sites is 1. The Morgan fingerprint density at radius 3 is 2.41 bits per heavy atom. The maximum Gasteiger partial charge on any atom is 0.336 e. The zero-order chi connectivity index (χ0) is 25.9. The topological polar surface area (TPSA) is 73.1 Å². The molecule has 1 amide bonds. The predicted octanol–water partition coefficient (Wildman–Crippen LogP) is 4.81. The molecule has 3 aromatic carbocycles. The molecule has 1 heterocycles. The lowest BCUT2D eigenvalue weighted by Crippen LogP contribution is -2.39. The van der Waals surface area contributed by atoms with Crippen molar-refractivity contribution in [3.63, 3.8) is 0 Å². The van der Waals surface area contributed by atoms with Gasteiger partial charge in [-0.2, -0.15) is 0 Å². The fourth-order valence-corrected chi connectivity index (χ4v) is 5.32. The number of nitrogens with zero attached hydrogens (tertiary/aromatic N) is 2. The minimum absolute atomic E-state index is 0.0124. The van der Waals surface area contributed by atoms with Gasteiger partial charge in [-0.15, -0.1) is 0 Å². The van der Waals surface area contributed by atoms with Gasteiger partial charge in [0, 0.05) is 6.04 Å². The van der Waals surface area contributed by atoms with Crippen molar-refractivity contribution >= 4 is 16.8 Å². The minimum atomic E-state index is -0.382. The molecule has 0 saturated heterocycles. The molecular weight excluding hydrogens is 462 g/mol. The second kappa shape index (κ2) is 10.6. The first kappa shape index (κ1) is 24.8. The van der Waals surface area contributed by atoms with Gasteiger partial charge in [0.05, 0.1) is 29.6 Å². The monoisotopic (exact) mass is 495 g/mol. The molecule has 1 N–H and O–H groups in total. The number of aromatic nitrogens is 2. The third-order valence-corrected chi connectivity index (χ3v) is 7.41. The largest absolute Gasteiger partial charge is 0.353 e. The van der Waals surface area contributed by atoms with Crippen molar-refractivity contribution in [1.29, 1.82) is 0 Å². The average Bonchev–Trinajstić information content (AvgIpc) is 2.90. The molecule has 1 aliphatic rings. The van der Waals surface area contributed by atoms with Crippen molar-refractivity contribution in [2.75, 3.05) is 0 Å². The number of nitrogens with one attached hydrogen (secondary N) is 1. The molecule has 0 bridgehead atoms. The van der Waals surface area contributed by atoms with Crippen LogP contribution in [0.25, 0.3) is 16.6 Å². The van der Waals surface area contributed by atoms with Crippen LogP contribution in [0.4, 0.5) is 0 Å². The molecule has 0 spiro atoms. The van der Waals surface area contributed by atoms with Crippen LogP contribution in [0.2, 0.25) is 0 Å². The number of hydrogen-bond acceptors (Lipinski definition) is 3. The van der Waals surface area contributed by atoms with E-state index < -0.39 is 0 Å². The van der Waals surface area contributed by atoms with Crippen molar-refractivity contribution in [1.82, 2.24) is 14.5 Å². The minimum Gasteiger partial charge on any atom is -0.353 e. The van der Waals surface area contributed by atoms with Gasteiger partial charge in [-0.25, -0.2) is 9.36 Å². The first-order chi connectivity index (χ1) is 17.9. The molecule has 1 fully saturated rings. The summed E-state index contributed by atoms with van der Waals surface area (Å²) >= 11 is 0. The quantitative estimate of drug-likeness (QED) is 0.417. The van der Waals surface area contributed by atoms with Gasteiger partial charge in [0.15, 0.2) is 0 Å². The molecule has 0 atom stereocenters. The van der Waals surface area contributed by atoms with E-state index in [1.807, 2.05) is 44.2 Å². The van der Waals surface area contributed by atoms with Gasteiger partial charge in [0.25, 0.3) is 5.56 Å². The van der Waals surface area contributed by atoms with Crippen LogP contribution >= 0.6 is 0 Å². The summed E-state index contributed by atoms with van der Waals surface area (Å²) in [6.45, 7) is 4.43. The zero-order valence-corrected chi connectivity index (χ0v) is 21.5. The van der Waals surface area contributed by atoms with Crippen LogP contribution in [-0.2, 0) is 17.8 Å². The molecule has 1 aliphatic carbocycles. The number of hydrogen-bond donors (Lipinski definition) is 1. The Balaban J connectivity index is 1.48. The molecule has 0 aliphatic heterocycles. The summed E-state index contributed by atoms with van der Waals surface area (Å²) in [6, 6.07) is 20.9. The Morgan fingerprint density at radius 2 is 1.65 bits per heavy atom. The summed E-state index contributed by atoms with van der Waals surface area (Å²) in [7, 11) is 0. The van der Waals surface area contributed by atoms with Crippen LogP contribution in [0.15, 0.2) is 76.3 Å².